The van der Waals surface area contributed by atoms with Gasteiger partial charge in [0, 0.05) is 19.4 Å². The van der Waals surface area contributed by atoms with Crippen LogP contribution in [0.3, 0.4) is 0 Å². The molecule has 1 aromatic carbocycles. The number of aliphatic hydroxyl groups is 1. The average molecular weight is 315 g/mol. The first-order valence-corrected chi connectivity index (χ1v) is 7.28. The van der Waals surface area contributed by atoms with Crippen molar-refractivity contribution >= 4 is 5.91 Å². The summed E-state index contributed by atoms with van der Waals surface area (Å²) in [6.07, 6.45) is 2.46. The Kier molecular flexibility index (Phi) is 5.54. The zero-order valence-corrected chi connectivity index (χ0v) is 13.3. The lowest BCUT2D eigenvalue weighted by Gasteiger charge is -2.14. The number of imidazole rings is 1. The molecule has 0 unspecified atom stereocenters. The van der Waals surface area contributed by atoms with Crippen LogP contribution in [0.1, 0.15) is 29.2 Å². The van der Waals surface area contributed by atoms with E-state index in [0.717, 1.165) is 5.57 Å². The van der Waals surface area contributed by atoms with Crippen LogP contribution in [0.5, 0.6) is 5.75 Å². The van der Waals surface area contributed by atoms with Crippen molar-refractivity contribution in [1.82, 2.24) is 14.9 Å². The first kappa shape index (κ1) is 16.8. The van der Waals surface area contributed by atoms with Gasteiger partial charge in [0.2, 0.25) is 0 Å². The van der Waals surface area contributed by atoms with Gasteiger partial charge in [0.25, 0.3) is 5.91 Å². The molecule has 6 nitrogen and oxygen atoms in total. The Morgan fingerprint density at radius 1 is 1.48 bits per heavy atom. The molecule has 1 heterocycles. The van der Waals surface area contributed by atoms with E-state index in [4.69, 9.17) is 4.74 Å². The van der Waals surface area contributed by atoms with Gasteiger partial charge >= 0.3 is 0 Å². The van der Waals surface area contributed by atoms with E-state index in [0.29, 0.717) is 23.7 Å². The number of rotatable bonds is 7. The second kappa shape index (κ2) is 7.60. The number of benzene rings is 1. The highest BCUT2D eigenvalue weighted by Crippen LogP contribution is 2.18. The molecular formula is C17H21N3O3. The number of aromatic nitrogens is 2. The minimum Gasteiger partial charge on any atom is -0.488 e. The summed E-state index contributed by atoms with van der Waals surface area (Å²) in [6.45, 7) is 6.04. The summed E-state index contributed by atoms with van der Waals surface area (Å²) in [7, 11) is 1.79. The highest BCUT2D eigenvalue weighted by atomic mass is 16.5. The summed E-state index contributed by atoms with van der Waals surface area (Å²) in [4.78, 5) is 16.4. The summed E-state index contributed by atoms with van der Waals surface area (Å²) in [5, 5.41) is 12.8. The Morgan fingerprint density at radius 3 is 2.87 bits per heavy atom. The van der Waals surface area contributed by atoms with Crippen molar-refractivity contribution in [3.8, 4) is 5.75 Å². The molecule has 0 saturated carbocycles. The fourth-order valence-corrected chi connectivity index (χ4v) is 2.06. The van der Waals surface area contributed by atoms with Crippen molar-refractivity contribution in [3.63, 3.8) is 0 Å². The maximum atomic E-state index is 12.3. The number of aryl methyl sites for hydroxylation is 1. The lowest BCUT2D eigenvalue weighted by atomic mass is 10.2. The van der Waals surface area contributed by atoms with E-state index in [1.807, 2.05) is 6.92 Å². The monoisotopic (exact) mass is 315 g/mol. The first-order chi connectivity index (χ1) is 11.0. The number of hydrogen-bond acceptors (Lipinski definition) is 4. The van der Waals surface area contributed by atoms with Gasteiger partial charge in [0.1, 0.15) is 24.3 Å². The number of carbonyl (C=O) groups excluding carboxylic acids is 1. The summed E-state index contributed by atoms with van der Waals surface area (Å²) in [6, 6.07) is 6.97. The molecule has 1 atom stereocenters. The molecule has 1 amide bonds. The van der Waals surface area contributed by atoms with E-state index in [1.165, 1.54) is 0 Å². The molecule has 0 bridgehead atoms. The Bertz CT molecular complexity index is 694. The maximum Gasteiger partial charge on any atom is 0.255 e. The van der Waals surface area contributed by atoms with Gasteiger partial charge < -0.3 is 19.7 Å². The van der Waals surface area contributed by atoms with E-state index in [-0.39, 0.29) is 12.5 Å². The van der Waals surface area contributed by atoms with Gasteiger partial charge in [0.05, 0.1) is 12.1 Å². The van der Waals surface area contributed by atoms with Crippen LogP contribution in [0, 0.1) is 0 Å². The SMILES string of the molecule is C=C(C)COc1ccccc1C(=O)NC[C@@H](O)c1nccn1C. The zero-order chi connectivity index (χ0) is 16.8. The van der Waals surface area contributed by atoms with Gasteiger partial charge in [-0.3, -0.25) is 4.79 Å². The van der Waals surface area contributed by atoms with Gasteiger partial charge in [0.15, 0.2) is 0 Å². The van der Waals surface area contributed by atoms with Crippen LogP contribution in [-0.2, 0) is 7.05 Å². The number of nitrogens with one attached hydrogen (secondary N) is 1. The van der Waals surface area contributed by atoms with E-state index in [9.17, 15) is 9.90 Å². The third-order valence-corrected chi connectivity index (χ3v) is 3.22. The topological polar surface area (TPSA) is 76.4 Å². The number of ether oxygens (including phenoxy) is 1. The summed E-state index contributed by atoms with van der Waals surface area (Å²) in [5.41, 5.74) is 1.28. The van der Waals surface area contributed by atoms with Crippen LogP contribution in [-0.4, -0.2) is 33.7 Å². The molecule has 0 fully saturated rings. The highest BCUT2D eigenvalue weighted by molar-refractivity contribution is 5.96. The first-order valence-electron chi connectivity index (χ1n) is 7.28. The molecule has 122 valence electrons. The molecular weight excluding hydrogens is 294 g/mol. The van der Waals surface area contributed by atoms with E-state index < -0.39 is 6.10 Å². The van der Waals surface area contributed by atoms with E-state index in [2.05, 4.69) is 16.9 Å². The van der Waals surface area contributed by atoms with Crippen LogP contribution in [0.15, 0.2) is 48.8 Å². The largest absolute Gasteiger partial charge is 0.488 e. The van der Waals surface area contributed by atoms with Crippen molar-refractivity contribution in [1.29, 1.82) is 0 Å². The molecule has 23 heavy (non-hydrogen) atoms. The molecule has 0 radical (unpaired) electrons. The van der Waals surface area contributed by atoms with Gasteiger partial charge in [-0.1, -0.05) is 18.7 Å². The number of para-hydroxylation sites is 1. The minimum absolute atomic E-state index is 0.0680. The molecule has 0 spiro atoms. The van der Waals surface area contributed by atoms with Gasteiger partial charge in [-0.25, -0.2) is 4.98 Å². The Balaban J connectivity index is 2.00. The molecule has 1 aromatic heterocycles. The number of carbonyl (C=O) groups is 1. The molecule has 0 aliphatic heterocycles. The quantitative estimate of drug-likeness (QED) is 0.764. The Labute approximate surface area is 135 Å². The smallest absolute Gasteiger partial charge is 0.255 e. The zero-order valence-electron chi connectivity index (χ0n) is 13.3. The number of hydrogen-bond donors (Lipinski definition) is 2. The molecule has 2 rings (SSSR count). The maximum absolute atomic E-state index is 12.3. The summed E-state index contributed by atoms with van der Waals surface area (Å²) >= 11 is 0. The Morgan fingerprint density at radius 2 is 2.22 bits per heavy atom. The van der Waals surface area contributed by atoms with Crippen molar-refractivity contribution < 1.29 is 14.6 Å². The number of aliphatic hydroxyl groups excluding tert-OH is 1. The fourth-order valence-electron chi connectivity index (χ4n) is 2.06. The van der Waals surface area contributed by atoms with Crippen molar-refractivity contribution in [2.75, 3.05) is 13.2 Å². The number of nitrogens with zero attached hydrogens (tertiary/aromatic N) is 2. The van der Waals surface area contributed by atoms with Crippen LogP contribution >= 0.6 is 0 Å². The molecule has 0 saturated heterocycles. The minimum atomic E-state index is -0.873. The molecule has 2 aromatic rings. The van der Waals surface area contributed by atoms with E-state index in [1.54, 1.807) is 48.3 Å². The van der Waals surface area contributed by atoms with Crippen LogP contribution in [0.25, 0.3) is 0 Å². The van der Waals surface area contributed by atoms with Crippen LogP contribution in [0.4, 0.5) is 0 Å². The lowest BCUT2D eigenvalue weighted by Crippen LogP contribution is -2.29. The fraction of sp³-hybridized carbons (Fsp3) is 0.294. The Hall–Kier alpha value is -2.60. The molecule has 6 heteroatoms. The van der Waals surface area contributed by atoms with E-state index >= 15 is 0 Å². The van der Waals surface area contributed by atoms with Crippen molar-refractivity contribution in [2.24, 2.45) is 7.05 Å². The standard InChI is InChI=1S/C17H21N3O3/c1-12(2)11-23-15-7-5-4-6-13(15)17(22)19-10-14(21)16-18-8-9-20(16)3/h4-9,14,21H,1,10-11H2,2-3H3,(H,19,22)/t14-/m1/s1. The third-order valence-electron chi connectivity index (χ3n) is 3.22. The average Bonchev–Trinajstić information content (AvgIpc) is 2.96. The predicted molar refractivity (Wildman–Crippen MR) is 87.3 cm³/mol. The second-order valence-corrected chi connectivity index (χ2v) is 5.36. The normalized spacial score (nSPS) is 11.8. The molecule has 0 aliphatic rings. The van der Waals surface area contributed by atoms with Gasteiger partial charge in [-0.05, 0) is 24.6 Å². The second-order valence-electron chi connectivity index (χ2n) is 5.36. The van der Waals surface area contributed by atoms with Crippen molar-refractivity contribution in [2.45, 2.75) is 13.0 Å². The van der Waals surface area contributed by atoms with Crippen LogP contribution in [0.2, 0.25) is 0 Å². The summed E-state index contributed by atoms with van der Waals surface area (Å²) in [5.74, 6) is 0.673. The van der Waals surface area contributed by atoms with Crippen molar-refractivity contribution in [3.05, 3.63) is 60.2 Å². The van der Waals surface area contributed by atoms with Crippen LogP contribution < -0.4 is 10.1 Å². The van der Waals surface area contributed by atoms with Gasteiger partial charge in [-0.2, -0.15) is 0 Å². The highest BCUT2D eigenvalue weighted by Gasteiger charge is 2.16. The lowest BCUT2D eigenvalue weighted by molar-refractivity contribution is 0.0906. The molecule has 2 N–H and O–H groups in total. The molecule has 0 aliphatic carbocycles. The van der Waals surface area contributed by atoms with Gasteiger partial charge in [-0.15, -0.1) is 0 Å². The predicted octanol–water partition coefficient (Wildman–Crippen LogP) is 1.84. The number of amides is 1. The summed E-state index contributed by atoms with van der Waals surface area (Å²) < 4.78 is 7.29. The third kappa shape index (κ3) is 4.43.